The fraction of sp³-hybridized carbons (Fsp3) is 0.500. The van der Waals surface area contributed by atoms with E-state index in [1.165, 1.54) is 6.07 Å². The Bertz CT molecular complexity index is 575. The molecular weight excluding hydrogens is 250 g/mol. The third-order valence-corrected chi connectivity index (χ3v) is 4.75. The Morgan fingerprint density at radius 1 is 1.26 bits per heavy atom. The summed E-state index contributed by atoms with van der Waals surface area (Å²) in [6, 6.07) is 1.89. The molecule has 3 atom stereocenters. The van der Waals surface area contributed by atoms with Crippen molar-refractivity contribution in [1.82, 2.24) is 0 Å². The van der Waals surface area contributed by atoms with E-state index in [0.717, 1.165) is 31.9 Å². The Kier molecular flexibility index (Phi) is 2.17. The molecule has 0 aromatic heterocycles. The van der Waals surface area contributed by atoms with Crippen LogP contribution in [-0.2, 0) is 4.79 Å². The van der Waals surface area contributed by atoms with E-state index in [-0.39, 0.29) is 17.6 Å². The van der Waals surface area contributed by atoms with Crippen molar-refractivity contribution in [2.45, 2.75) is 25.3 Å². The first kappa shape index (κ1) is 11.2. The molecule has 3 aliphatic rings. The second-order valence-corrected chi connectivity index (χ2v) is 5.72. The van der Waals surface area contributed by atoms with Gasteiger partial charge in [-0.3, -0.25) is 4.79 Å². The fourth-order valence-corrected chi connectivity index (χ4v) is 4.00. The molecule has 0 radical (unpaired) electrons. The summed E-state index contributed by atoms with van der Waals surface area (Å²) in [5, 5.41) is 2.62. The van der Waals surface area contributed by atoms with Crippen LogP contribution < -0.4 is 10.2 Å². The number of anilines is 2. The number of nitrogens with zero attached hydrogens (tertiary/aromatic N) is 1. The van der Waals surface area contributed by atoms with Crippen molar-refractivity contribution in [3.05, 3.63) is 23.8 Å². The topological polar surface area (TPSA) is 32.3 Å². The van der Waals surface area contributed by atoms with Gasteiger partial charge in [-0.2, -0.15) is 0 Å². The Hall–Kier alpha value is -1.65. The summed E-state index contributed by atoms with van der Waals surface area (Å²) < 4.78 is 27.2. The molecule has 1 aromatic carbocycles. The summed E-state index contributed by atoms with van der Waals surface area (Å²) in [6.45, 7) is 0.735. The van der Waals surface area contributed by atoms with Gasteiger partial charge in [0, 0.05) is 12.6 Å². The first-order valence-electron chi connectivity index (χ1n) is 6.71. The van der Waals surface area contributed by atoms with Gasteiger partial charge in [0.2, 0.25) is 5.91 Å². The van der Waals surface area contributed by atoms with Crippen LogP contribution in [0.3, 0.4) is 0 Å². The standard InChI is InChI=1S/C14H14F2N2O/c15-8-4-10(16)12-11(5-8)18-6-7-2-1-3-9(7)13(18)14(19)17-12/h4-5,7,9,13H,1-3,6H2,(H,17,19). The van der Waals surface area contributed by atoms with Gasteiger partial charge in [0.25, 0.3) is 0 Å². The maximum absolute atomic E-state index is 13.8. The van der Waals surface area contributed by atoms with E-state index < -0.39 is 11.6 Å². The third kappa shape index (κ3) is 1.44. The molecule has 1 aliphatic carbocycles. The quantitative estimate of drug-likeness (QED) is 0.781. The van der Waals surface area contributed by atoms with E-state index in [1.54, 1.807) is 0 Å². The molecule has 3 nitrogen and oxygen atoms in total. The van der Waals surface area contributed by atoms with Crippen molar-refractivity contribution in [3.63, 3.8) is 0 Å². The summed E-state index contributed by atoms with van der Waals surface area (Å²) in [7, 11) is 0. The Balaban J connectivity index is 1.84. The van der Waals surface area contributed by atoms with Crippen molar-refractivity contribution >= 4 is 17.3 Å². The number of rotatable bonds is 0. The normalized spacial score (nSPS) is 31.8. The molecule has 2 fully saturated rings. The predicted molar refractivity (Wildman–Crippen MR) is 67.0 cm³/mol. The number of halogens is 2. The zero-order valence-electron chi connectivity index (χ0n) is 10.3. The number of benzene rings is 1. The van der Waals surface area contributed by atoms with Crippen molar-refractivity contribution in [3.8, 4) is 0 Å². The highest BCUT2D eigenvalue weighted by Crippen LogP contribution is 2.48. The molecule has 1 saturated carbocycles. The lowest BCUT2D eigenvalue weighted by molar-refractivity contribution is -0.118. The SMILES string of the molecule is O=C1Nc2c(F)cc(F)cc2N2CC3CCCC3C12. The molecule has 3 unspecified atom stereocenters. The minimum atomic E-state index is -0.696. The first-order chi connectivity index (χ1) is 9.15. The lowest BCUT2D eigenvalue weighted by Crippen LogP contribution is -2.47. The van der Waals surface area contributed by atoms with Crippen LogP contribution in [0.2, 0.25) is 0 Å². The molecule has 2 aliphatic heterocycles. The van der Waals surface area contributed by atoms with E-state index >= 15 is 0 Å². The van der Waals surface area contributed by atoms with Crippen LogP contribution in [0.4, 0.5) is 20.2 Å². The monoisotopic (exact) mass is 264 g/mol. The molecule has 2 heterocycles. The Labute approximate surface area is 109 Å². The number of hydrogen-bond donors (Lipinski definition) is 1. The molecule has 1 saturated heterocycles. The van der Waals surface area contributed by atoms with Crippen molar-refractivity contribution < 1.29 is 13.6 Å². The average molecular weight is 264 g/mol. The molecule has 0 spiro atoms. The van der Waals surface area contributed by atoms with Gasteiger partial charge in [-0.15, -0.1) is 0 Å². The molecule has 100 valence electrons. The minimum Gasteiger partial charge on any atom is -0.357 e. The zero-order chi connectivity index (χ0) is 13.1. The highest BCUT2D eigenvalue weighted by Gasteiger charge is 2.50. The van der Waals surface area contributed by atoms with Gasteiger partial charge in [0.05, 0.1) is 5.69 Å². The number of nitrogens with one attached hydrogen (secondary N) is 1. The van der Waals surface area contributed by atoms with E-state index in [4.69, 9.17) is 0 Å². The van der Waals surface area contributed by atoms with Crippen LogP contribution in [0.25, 0.3) is 0 Å². The van der Waals surface area contributed by atoms with Crippen molar-refractivity contribution in [1.29, 1.82) is 0 Å². The highest BCUT2D eigenvalue weighted by atomic mass is 19.1. The van der Waals surface area contributed by atoms with Gasteiger partial charge in [0.1, 0.15) is 17.5 Å². The molecule has 0 bridgehead atoms. The molecular formula is C14H14F2N2O. The second kappa shape index (κ2) is 3.68. The van der Waals surface area contributed by atoms with Gasteiger partial charge >= 0.3 is 0 Å². The minimum absolute atomic E-state index is 0.127. The van der Waals surface area contributed by atoms with Gasteiger partial charge in [-0.25, -0.2) is 8.78 Å². The lowest BCUT2D eigenvalue weighted by atomic mass is 9.92. The summed E-state index contributed by atoms with van der Waals surface area (Å²) >= 11 is 0. The van der Waals surface area contributed by atoms with Gasteiger partial charge < -0.3 is 10.2 Å². The largest absolute Gasteiger partial charge is 0.357 e. The lowest BCUT2D eigenvalue weighted by Gasteiger charge is -2.35. The predicted octanol–water partition coefficient (Wildman–Crippen LogP) is 2.52. The van der Waals surface area contributed by atoms with Gasteiger partial charge in [0.15, 0.2) is 5.82 Å². The maximum atomic E-state index is 13.8. The molecule has 1 amide bonds. The summed E-state index contributed by atoms with van der Waals surface area (Å²) in [6.07, 6.45) is 3.29. The van der Waals surface area contributed by atoms with Gasteiger partial charge in [-0.1, -0.05) is 6.42 Å². The second-order valence-electron chi connectivity index (χ2n) is 5.72. The molecule has 5 heteroatoms. The smallest absolute Gasteiger partial charge is 0.247 e. The number of carbonyl (C=O) groups excluding carboxylic acids is 1. The molecule has 19 heavy (non-hydrogen) atoms. The number of carbonyl (C=O) groups is 1. The van der Waals surface area contributed by atoms with E-state index in [2.05, 4.69) is 5.32 Å². The van der Waals surface area contributed by atoms with E-state index in [1.807, 2.05) is 4.90 Å². The van der Waals surface area contributed by atoms with Crippen LogP contribution in [0.1, 0.15) is 19.3 Å². The highest BCUT2D eigenvalue weighted by molar-refractivity contribution is 6.04. The number of hydrogen-bond acceptors (Lipinski definition) is 2. The first-order valence-corrected chi connectivity index (χ1v) is 6.71. The molecule has 1 aromatic rings. The van der Waals surface area contributed by atoms with Crippen molar-refractivity contribution in [2.75, 3.05) is 16.8 Å². The number of amides is 1. The number of fused-ring (bicyclic) bond motifs is 5. The van der Waals surface area contributed by atoms with E-state index in [9.17, 15) is 13.6 Å². The Morgan fingerprint density at radius 3 is 2.95 bits per heavy atom. The zero-order valence-corrected chi connectivity index (χ0v) is 10.3. The van der Waals surface area contributed by atoms with E-state index in [0.29, 0.717) is 17.5 Å². The molecule has 1 N–H and O–H groups in total. The Morgan fingerprint density at radius 2 is 2.11 bits per heavy atom. The van der Waals surface area contributed by atoms with Crippen LogP contribution in [0.15, 0.2) is 12.1 Å². The summed E-state index contributed by atoms with van der Waals surface area (Å²) in [5.74, 6) is -0.623. The molecule has 4 rings (SSSR count). The summed E-state index contributed by atoms with van der Waals surface area (Å²) in [4.78, 5) is 14.1. The van der Waals surface area contributed by atoms with Crippen molar-refractivity contribution in [2.24, 2.45) is 11.8 Å². The maximum Gasteiger partial charge on any atom is 0.247 e. The fourth-order valence-electron chi connectivity index (χ4n) is 4.00. The average Bonchev–Trinajstić information content (AvgIpc) is 2.90. The van der Waals surface area contributed by atoms with Crippen LogP contribution in [0.5, 0.6) is 0 Å². The van der Waals surface area contributed by atoms with Crippen LogP contribution in [-0.4, -0.2) is 18.5 Å². The third-order valence-electron chi connectivity index (χ3n) is 4.75. The van der Waals surface area contributed by atoms with Crippen LogP contribution in [0, 0.1) is 23.5 Å². The van der Waals surface area contributed by atoms with Crippen LogP contribution >= 0.6 is 0 Å². The summed E-state index contributed by atoms with van der Waals surface area (Å²) in [5.41, 5.74) is 0.624. The van der Waals surface area contributed by atoms with Gasteiger partial charge in [-0.05, 0) is 30.7 Å².